The van der Waals surface area contributed by atoms with Crippen LogP contribution in [0.15, 0.2) is 47.7 Å². The maximum absolute atomic E-state index is 4.34. The summed E-state index contributed by atoms with van der Waals surface area (Å²) in [6, 6.07) is 10.5. The summed E-state index contributed by atoms with van der Waals surface area (Å²) < 4.78 is 1.87. The van der Waals surface area contributed by atoms with Crippen LogP contribution in [-0.2, 0) is 0 Å². The molecule has 0 aliphatic heterocycles. The van der Waals surface area contributed by atoms with Crippen LogP contribution in [0.4, 0.5) is 0 Å². The summed E-state index contributed by atoms with van der Waals surface area (Å²) in [7, 11) is 3.97. The van der Waals surface area contributed by atoms with Crippen LogP contribution in [0.2, 0.25) is 0 Å². The summed E-state index contributed by atoms with van der Waals surface area (Å²) in [5.74, 6) is 0.825. The highest BCUT2D eigenvalue weighted by atomic mass is 127. The maximum Gasteiger partial charge on any atom is 0.191 e. The zero-order valence-electron chi connectivity index (χ0n) is 16.9. The average molecular weight is 484 g/mol. The van der Waals surface area contributed by atoms with E-state index in [0.717, 1.165) is 31.3 Å². The molecule has 2 rings (SSSR count). The molecule has 150 valence electrons. The van der Waals surface area contributed by atoms with Crippen LogP contribution in [0.3, 0.4) is 0 Å². The summed E-state index contributed by atoms with van der Waals surface area (Å²) >= 11 is 0. The van der Waals surface area contributed by atoms with Gasteiger partial charge in [0.1, 0.15) is 0 Å². The van der Waals surface area contributed by atoms with Crippen molar-refractivity contribution in [1.82, 2.24) is 25.3 Å². The molecule has 2 aromatic rings. The Morgan fingerprint density at radius 1 is 1.30 bits per heavy atom. The zero-order valence-corrected chi connectivity index (χ0v) is 19.2. The van der Waals surface area contributed by atoms with Gasteiger partial charge in [-0.05, 0) is 50.7 Å². The van der Waals surface area contributed by atoms with Gasteiger partial charge < -0.3 is 15.5 Å². The smallest absolute Gasteiger partial charge is 0.191 e. The highest BCUT2D eigenvalue weighted by molar-refractivity contribution is 14.0. The minimum Gasteiger partial charge on any atom is -0.355 e. The minimum absolute atomic E-state index is 0. The minimum atomic E-state index is 0. The molecule has 2 N–H and O–H groups in total. The van der Waals surface area contributed by atoms with Gasteiger partial charge in [-0.2, -0.15) is 5.10 Å². The molecule has 0 aliphatic rings. The SMILES string of the molecule is CCCCN(C)CCNC(=NC)NC(C)c1cccc(-n2cccn2)c1.I. The third-order valence-corrected chi connectivity index (χ3v) is 4.40. The summed E-state index contributed by atoms with van der Waals surface area (Å²) in [6.45, 7) is 7.38. The quantitative estimate of drug-likeness (QED) is 0.325. The van der Waals surface area contributed by atoms with Gasteiger partial charge >= 0.3 is 0 Å². The molecule has 0 radical (unpaired) electrons. The van der Waals surface area contributed by atoms with Crippen LogP contribution in [0, 0.1) is 0 Å². The molecule has 6 nitrogen and oxygen atoms in total. The van der Waals surface area contributed by atoms with Gasteiger partial charge in [-0.3, -0.25) is 4.99 Å². The van der Waals surface area contributed by atoms with E-state index >= 15 is 0 Å². The van der Waals surface area contributed by atoms with Crippen molar-refractivity contribution < 1.29 is 0 Å². The fraction of sp³-hybridized carbons (Fsp3) is 0.500. The van der Waals surface area contributed by atoms with E-state index < -0.39 is 0 Å². The number of benzene rings is 1. The number of aliphatic imine (C=N–C) groups is 1. The standard InChI is InChI=1S/C20H32N6.HI/c1-5-6-13-25(4)15-12-22-20(21-3)24-17(2)18-9-7-10-19(16-18)26-14-8-11-23-26;/h7-11,14,16-17H,5-6,12-13,15H2,1-4H3,(H2,21,22,24);1H. The molecule has 1 heterocycles. The van der Waals surface area contributed by atoms with Crippen LogP contribution < -0.4 is 10.6 Å². The number of nitrogens with zero attached hydrogens (tertiary/aromatic N) is 4. The Bertz CT molecular complexity index is 671. The Hall–Kier alpha value is -1.61. The molecule has 0 amide bonds. The van der Waals surface area contributed by atoms with E-state index in [1.807, 2.05) is 24.0 Å². The predicted octanol–water partition coefficient (Wildman–Crippen LogP) is 3.45. The van der Waals surface area contributed by atoms with Gasteiger partial charge in [0.15, 0.2) is 5.96 Å². The Labute approximate surface area is 180 Å². The van der Waals surface area contributed by atoms with Crippen molar-refractivity contribution in [3.63, 3.8) is 0 Å². The van der Waals surface area contributed by atoms with E-state index in [4.69, 9.17) is 0 Å². The topological polar surface area (TPSA) is 57.5 Å². The second-order valence-electron chi connectivity index (χ2n) is 6.57. The normalized spacial score (nSPS) is 12.6. The first-order valence-corrected chi connectivity index (χ1v) is 9.39. The molecule has 7 heteroatoms. The van der Waals surface area contributed by atoms with E-state index in [2.05, 4.69) is 70.8 Å². The van der Waals surface area contributed by atoms with Crippen molar-refractivity contribution in [2.45, 2.75) is 32.7 Å². The number of nitrogens with one attached hydrogen (secondary N) is 2. The lowest BCUT2D eigenvalue weighted by Gasteiger charge is -2.21. The number of rotatable bonds is 9. The van der Waals surface area contributed by atoms with E-state index in [0.29, 0.717) is 0 Å². The first-order chi connectivity index (χ1) is 12.6. The molecular formula is C20H33IN6. The first-order valence-electron chi connectivity index (χ1n) is 9.39. The monoisotopic (exact) mass is 484 g/mol. The summed E-state index contributed by atoms with van der Waals surface area (Å²) in [5.41, 5.74) is 2.25. The van der Waals surface area contributed by atoms with Crippen molar-refractivity contribution in [1.29, 1.82) is 0 Å². The van der Waals surface area contributed by atoms with E-state index in [-0.39, 0.29) is 30.0 Å². The maximum atomic E-state index is 4.34. The largest absolute Gasteiger partial charge is 0.355 e. The number of unbranched alkanes of at least 4 members (excludes halogenated alkanes) is 1. The number of hydrogen-bond acceptors (Lipinski definition) is 3. The van der Waals surface area contributed by atoms with Crippen molar-refractivity contribution in [3.8, 4) is 5.69 Å². The Morgan fingerprint density at radius 3 is 2.78 bits per heavy atom. The third-order valence-electron chi connectivity index (χ3n) is 4.40. The molecule has 1 aromatic heterocycles. The van der Waals surface area contributed by atoms with E-state index in [1.165, 1.54) is 18.4 Å². The Kier molecular flexibility index (Phi) is 11.0. The van der Waals surface area contributed by atoms with E-state index in [9.17, 15) is 0 Å². The van der Waals surface area contributed by atoms with Gasteiger partial charge in [-0.15, -0.1) is 24.0 Å². The zero-order chi connectivity index (χ0) is 18.8. The van der Waals surface area contributed by atoms with Crippen molar-refractivity contribution in [3.05, 3.63) is 48.3 Å². The predicted molar refractivity (Wildman–Crippen MR) is 124 cm³/mol. The van der Waals surface area contributed by atoms with Gasteiger partial charge in [0.2, 0.25) is 0 Å². The van der Waals surface area contributed by atoms with Crippen LogP contribution >= 0.6 is 24.0 Å². The molecule has 0 saturated carbocycles. The molecule has 1 aromatic carbocycles. The number of halogens is 1. The van der Waals surface area contributed by atoms with E-state index in [1.54, 1.807) is 6.20 Å². The van der Waals surface area contributed by atoms with Crippen LogP contribution in [-0.4, -0.2) is 54.4 Å². The summed E-state index contributed by atoms with van der Waals surface area (Å²) in [4.78, 5) is 6.69. The molecule has 0 bridgehead atoms. The fourth-order valence-electron chi connectivity index (χ4n) is 2.75. The van der Waals surface area contributed by atoms with Gasteiger partial charge in [0.05, 0.1) is 11.7 Å². The summed E-state index contributed by atoms with van der Waals surface area (Å²) in [5, 5.41) is 11.2. The van der Waals surface area contributed by atoms with Crippen molar-refractivity contribution in [2.24, 2.45) is 4.99 Å². The van der Waals surface area contributed by atoms with Gasteiger partial charge in [0, 0.05) is 32.5 Å². The Morgan fingerprint density at radius 2 is 2.11 bits per heavy atom. The third kappa shape index (κ3) is 7.88. The second kappa shape index (κ2) is 12.7. The molecule has 0 saturated heterocycles. The molecule has 0 aliphatic carbocycles. The molecule has 0 fully saturated rings. The van der Waals surface area contributed by atoms with Crippen molar-refractivity contribution >= 4 is 29.9 Å². The van der Waals surface area contributed by atoms with Crippen molar-refractivity contribution in [2.75, 3.05) is 33.7 Å². The lowest BCUT2D eigenvalue weighted by Crippen LogP contribution is -2.42. The number of aromatic nitrogens is 2. The molecular weight excluding hydrogens is 451 g/mol. The lowest BCUT2D eigenvalue weighted by molar-refractivity contribution is 0.332. The molecule has 1 unspecified atom stereocenters. The summed E-state index contributed by atoms with van der Waals surface area (Å²) in [6.07, 6.45) is 6.22. The van der Waals surface area contributed by atoms with Crippen LogP contribution in [0.25, 0.3) is 5.69 Å². The Balaban J connectivity index is 0.00000364. The number of likely N-dealkylation sites (N-methyl/N-ethyl adjacent to an activating group) is 1. The van der Waals surface area contributed by atoms with Crippen LogP contribution in [0.1, 0.15) is 38.3 Å². The first kappa shape index (κ1) is 23.4. The second-order valence-corrected chi connectivity index (χ2v) is 6.57. The lowest BCUT2D eigenvalue weighted by atomic mass is 10.1. The highest BCUT2D eigenvalue weighted by Crippen LogP contribution is 2.16. The highest BCUT2D eigenvalue weighted by Gasteiger charge is 2.09. The number of guanidine groups is 1. The van der Waals surface area contributed by atoms with Gasteiger partial charge in [-0.1, -0.05) is 25.5 Å². The van der Waals surface area contributed by atoms with Crippen LogP contribution in [0.5, 0.6) is 0 Å². The average Bonchev–Trinajstić information content (AvgIpc) is 3.20. The van der Waals surface area contributed by atoms with Gasteiger partial charge in [-0.25, -0.2) is 4.68 Å². The number of hydrogen-bond donors (Lipinski definition) is 2. The molecule has 27 heavy (non-hydrogen) atoms. The van der Waals surface area contributed by atoms with Gasteiger partial charge in [0.25, 0.3) is 0 Å². The molecule has 1 atom stereocenters. The fourth-order valence-corrected chi connectivity index (χ4v) is 2.75. The molecule has 0 spiro atoms.